The molecule has 0 saturated heterocycles. The second-order valence-electron chi connectivity index (χ2n) is 4.53. The third-order valence-electron chi connectivity index (χ3n) is 3.04. The van der Waals surface area contributed by atoms with Gasteiger partial charge >= 0.3 is 0 Å². The summed E-state index contributed by atoms with van der Waals surface area (Å²) >= 11 is 3.47. The number of hydrogen-bond donors (Lipinski definition) is 1. The Bertz CT molecular complexity index is 505. The largest absolute Gasteiger partial charge is 0.378 e. The molecule has 0 radical (unpaired) electrons. The van der Waals surface area contributed by atoms with Gasteiger partial charge in [0.2, 0.25) is 0 Å². The Morgan fingerprint density at radius 3 is 2.44 bits per heavy atom. The summed E-state index contributed by atoms with van der Waals surface area (Å²) in [7, 11) is 0. The van der Waals surface area contributed by atoms with Crippen molar-refractivity contribution in [2.24, 2.45) is 0 Å². The number of hydrogen-bond acceptors (Lipinski definition) is 1. The molecule has 1 N–H and O–H groups in total. The van der Waals surface area contributed by atoms with Gasteiger partial charge in [0.25, 0.3) is 0 Å². The predicted molar refractivity (Wildman–Crippen MR) is 82.0 cm³/mol. The second kappa shape index (κ2) is 6.05. The Labute approximate surface area is 117 Å². The molecule has 2 aromatic rings. The lowest BCUT2D eigenvalue weighted by molar-refractivity contribution is 0.749. The van der Waals surface area contributed by atoms with E-state index >= 15 is 0 Å². The van der Waals surface area contributed by atoms with Gasteiger partial charge in [-0.25, -0.2) is 0 Å². The maximum atomic E-state index is 3.59. The summed E-state index contributed by atoms with van der Waals surface area (Å²) in [5, 5.41) is 3.59. The van der Waals surface area contributed by atoms with Crippen molar-refractivity contribution < 1.29 is 0 Å². The smallest absolute Gasteiger partial charge is 0.0511 e. The Morgan fingerprint density at radius 1 is 1.11 bits per heavy atom. The zero-order chi connectivity index (χ0) is 13.0. The molecule has 94 valence electrons. The Balaban J connectivity index is 2.17. The number of nitrogens with one attached hydrogen (secondary N) is 1. The molecule has 0 amide bonds. The molecular formula is C16H18BrN. The van der Waals surface area contributed by atoms with E-state index in [9.17, 15) is 0 Å². The monoisotopic (exact) mass is 303 g/mol. The molecule has 2 aromatic carbocycles. The molecule has 0 spiro atoms. The first kappa shape index (κ1) is 13.2. The molecule has 2 rings (SSSR count). The van der Waals surface area contributed by atoms with Crippen LogP contribution >= 0.6 is 15.9 Å². The minimum atomic E-state index is 0.361. The van der Waals surface area contributed by atoms with E-state index in [0.717, 1.165) is 10.9 Å². The van der Waals surface area contributed by atoms with Gasteiger partial charge in [-0.15, -0.1) is 0 Å². The molecule has 1 unspecified atom stereocenters. The van der Waals surface area contributed by atoms with Gasteiger partial charge in [-0.2, -0.15) is 0 Å². The fourth-order valence-electron chi connectivity index (χ4n) is 2.05. The molecule has 0 aliphatic carbocycles. The van der Waals surface area contributed by atoms with E-state index in [1.165, 1.54) is 16.8 Å². The quantitative estimate of drug-likeness (QED) is 0.806. The summed E-state index contributed by atoms with van der Waals surface area (Å²) < 4.78 is 1.12. The number of aryl methyl sites for hydroxylation is 1. The molecule has 18 heavy (non-hydrogen) atoms. The van der Waals surface area contributed by atoms with Crippen molar-refractivity contribution in [2.45, 2.75) is 26.3 Å². The highest BCUT2D eigenvalue weighted by Crippen LogP contribution is 2.24. The average Bonchev–Trinajstić information content (AvgIpc) is 2.37. The highest BCUT2D eigenvalue weighted by Gasteiger charge is 2.08. The second-order valence-corrected chi connectivity index (χ2v) is 5.44. The minimum absolute atomic E-state index is 0.361. The number of rotatable bonds is 4. The summed E-state index contributed by atoms with van der Waals surface area (Å²) in [4.78, 5) is 0. The van der Waals surface area contributed by atoms with Crippen LogP contribution in [0.3, 0.4) is 0 Å². The lowest BCUT2D eigenvalue weighted by atomic mass is 10.0. The zero-order valence-electron chi connectivity index (χ0n) is 10.8. The zero-order valence-corrected chi connectivity index (χ0v) is 12.4. The van der Waals surface area contributed by atoms with Gasteiger partial charge in [0.1, 0.15) is 0 Å². The molecular weight excluding hydrogens is 286 g/mol. The van der Waals surface area contributed by atoms with Crippen LogP contribution < -0.4 is 5.32 Å². The summed E-state index contributed by atoms with van der Waals surface area (Å²) in [6.07, 6.45) is 1.07. The fourth-order valence-corrected chi connectivity index (χ4v) is 2.32. The van der Waals surface area contributed by atoms with Gasteiger partial charge in [-0.1, -0.05) is 47.1 Å². The van der Waals surface area contributed by atoms with Crippen molar-refractivity contribution in [2.75, 3.05) is 5.32 Å². The highest BCUT2D eigenvalue weighted by molar-refractivity contribution is 9.10. The van der Waals surface area contributed by atoms with Crippen molar-refractivity contribution in [1.82, 2.24) is 0 Å². The van der Waals surface area contributed by atoms with Gasteiger partial charge in [0.15, 0.2) is 0 Å². The Hall–Kier alpha value is -1.28. The third kappa shape index (κ3) is 3.36. The number of halogens is 1. The van der Waals surface area contributed by atoms with Crippen molar-refractivity contribution in [3.63, 3.8) is 0 Å². The van der Waals surface area contributed by atoms with E-state index in [1.807, 2.05) is 0 Å². The van der Waals surface area contributed by atoms with Crippen molar-refractivity contribution >= 4 is 21.6 Å². The van der Waals surface area contributed by atoms with E-state index < -0.39 is 0 Å². The highest BCUT2D eigenvalue weighted by atomic mass is 79.9. The van der Waals surface area contributed by atoms with Gasteiger partial charge in [0.05, 0.1) is 6.04 Å². The third-order valence-corrected chi connectivity index (χ3v) is 3.57. The molecule has 0 aromatic heterocycles. The van der Waals surface area contributed by atoms with E-state index in [2.05, 4.69) is 83.6 Å². The Kier molecular flexibility index (Phi) is 4.43. The van der Waals surface area contributed by atoms with Crippen molar-refractivity contribution in [1.29, 1.82) is 0 Å². The van der Waals surface area contributed by atoms with E-state index in [4.69, 9.17) is 0 Å². The first-order chi connectivity index (χ1) is 8.69. The summed E-state index contributed by atoms with van der Waals surface area (Å²) in [5.74, 6) is 0. The molecule has 0 fully saturated rings. The van der Waals surface area contributed by atoms with Crippen LogP contribution in [-0.2, 0) is 0 Å². The van der Waals surface area contributed by atoms with Gasteiger partial charge in [-0.3, -0.25) is 0 Å². The summed E-state index contributed by atoms with van der Waals surface area (Å²) in [6, 6.07) is 17.4. The number of benzene rings is 2. The Morgan fingerprint density at radius 2 is 1.83 bits per heavy atom. The van der Waals surface area contributed by atoms with Crippen LogP contribution in [0.15, 0.2) is 53.0 Å². The fraction of sp³-hybridized carbons (Fsp3) is 0.250. The van der Waals surface area contributed by atoms with Crippen LogP contribution in [0.25, 0.3) is 0 Å². The van der Waals surface area contributed by atoms with E-state index in [1.54, 1.807) is 0 Å². The first-order valence-corrected chi connectivity index (χ1v) is 7.07. The maximum Gasteiger partial charge on any atom is 0.0511 e. The van der Waals surface area contributed by atoms with Crippen LogP contribution in [-0.4, -0.2) is 0 Å². The molecule has 1 nitrogen and oxygen atoms in total. The average molecular weight is 304 g/mol. The molecule has 0 aliphatic heterocycles. The SMILES string of the molecule is CCC(Nc1cccc(C)c1)c1ccc(Br)cc1. The van der Waals surface area contributed by atoms with Gasteiger partial charge in [-0.05, 0) is 48.7 Å². The van der Waals surface area contributed by atoms with Crippen molar-refractivity contribution in [3.8, 4) is 0 Å². The van der Waals surface area contributed by atoms with Gasteiger partial charge < -0.3 is 5.32 Å². The summed E-state index contributed by atoms with van der Waals surface area (Å²) in [6.45, 7) is 4.32. The molecule has 2 heteroatoms. The summed E-state index contributed by atoms with van der Waals surface area (Å²) in [5.41, 5.74) is 3.79. The molecule has 0 heterocycles. The molecule has 0 aliphatic rings. The standard InChI is InChI=1S/C16H18BrN/c1-3-16(13-7-9-14(17)10-8-13)18-15-6-4-5-12(2)11-15/h4-11,16,18H,3H2,1-2H3. The van der Waals surface area contributed by atoms with Crippen LogP contribution in [0.1, 0.15) is 30.5 Å². The van der Waals surface area contributed by atoms with Crippen LogP contribution in [0.2, 0.25) is 0 Å². The number of anilines is 1. The van der Waals surface area contributed by atoms with Gasteiger partial charge in [0, 0.05) is 10.2 Å². The van der Waals surface area contributed by atoms with Crippen LogP contribution in [0.4, 0.5) is 5.69 Å². The lowest BCUT2D eigenvalue weighted by Crippen LogP contribution is -2.09. The van der Waals surface area contributed by atoms with E-state index in [0.29, 0.717) is 6.04 Å². The molecule has 0 bridgehead atoms. The predicted octanol–water partition coefficient (Wildman–Crippen LogP) is 5.32. The first-order valence-electron chi connectivity index (χ1n) is 6.27. The van der Waals surface area contributed by atoms with Crippen LogP contribution in [0.5, 0.6) is 0 Å². The topological polar surface area (TPSA) is 12.0 Å². The normalized spacial score (nSPS) is 12.2. The molecule has 0 saturated carbocycles. The maximum absolute atomic E-state index is 3.59. The molecule has 1 atom stereocenters. The van der Waals surface area contributed by atoms with E-state index in [-0.39, 0.29) is 0 Å². The lowest BCUT2D eigenvalue weighted by Gasteiger charge is -2.19. The van der Waals surface area contributed by atoms with Crippen LogP contribution in [0, 0.1) is 6.92 Å². The minimum Gasteiger partial charge on any atom is -0.378 e. The van der Waals surface area contributed by atoms with Crippen molar-refractivity contribution in [3.05, 3.63) is 64.1 Å².